The van der Waals surface area contributed by atoms with Gasteiger partial charge in [-0.3, -0.25) is 0 Å². The fourth-order valence-corrected chi connectivity index (χ4v) is 2.97. The second-order valence-electron chi connectivity index (χ2n) is 4.38. The van der Waals surface area contributed by atoms with E-state index in [1.54, 1.807) is 37.4 Å². The summed E-state index contributed by atoms with van der Waals surface area (Å²) in [6.07, 6.45) is 0.454. The lowest BCUT2D eigenvalue weighted by molar-refractivity contribution is 0.534. The molecule has 1 N–H and O–H groups in total. The smallest absolute Gasteiger partial charge is 0.129 e. The second kappa shape index (κ2) is 6.77. The van der Waals surface area contributed by atoms with Crippen molar-refractivity contribution in [1.82, 2.24) is 5.32 Å². The molecule has 0 spiro atoms. The van der Waals surface area contributed by atoms with Crippen LogP contribution in [0, 0.1) is 5.82 Å². The molecule has 2 rings (SSSR count). The summed E-state index contributed by atoms with van der Waals surface area (Å²) in [5, 5.41) is 4.56. The summed E-state index contributed by atoms with van der Waals surface area (Å²) in [6.45, 7) is 0. The fourth-order valence-electron chi connectivity index (χ4n) is 2.12. The topological polar surface area (TPSA) is 12.0 Å². The van der Waals surface area contributed by atoms with E-state index in [0.29, 0.717) is 27.1 Å². The summed E-state index contributed by atoms with van der Waals surface area (Å²) in [5.74, 6) is -0.347. The van der Waals surface area contributed by atoms with E-state index in [2.05, 4.69) is 5.32 Å². The van der Waals surface area contributed by atoms with Crippen LogP contribution in [0.25, 0.3) is 0 Å². The molecule has 0 fully saturated rings. The first-order valence-corrected chi connectivity index (χ1v) is 7.22. The molecule has 0 heterocycles. The van der Waals surface area contributed by atoms with Crippen LogP contribution >= 0.6 is 34.8 Å². The maximum absolute atomic E-state index is 14.0. The highest BCUT2D eigenvalue weighted by atomic mass is 35.5. The van der Waals surface area contributed by atoms with Crippen LogP contribution in [0.2, 0.25) is 15.1 Å². The van der Waals surface area contributed by atoms with Crippen LogP contribution in [0.3, 0.4) is 0 Å². The Kier molecular flexibility index (Phi) is 5.28. The summed E-state index contributed by atoms with van der Waals surface area (Å²) < 4.78 is 14.0. The van der Waals surface area contributed by atoms with Gasteiger partial charge in [-0.1, -0.05) is 46.9 Å². The molecular weight excluding hydrogens is 320 g/mol. The van der Waals surface area contributed by atoms with Crippen LogP contribution in [0.15, 0.2) is 36.4 Å². The Labute approximate surface area is 132 Å². The minimum atomic E-state index is -0.347. The molecule has 0 saturated carbocycles. The third-order valence-electron chi connectivity index (χ3n) is 3.17. The maximum atomic E-state index is 14.0. The quantitative estimate of drug-likeness (QED) is 0.802. The third kappa shape index (κ3) is 3.26. The molecule has 1 unspecified atom stereocenters. The Balaban J connectivity index is 2.39. The standard InChI is InChI=1S/C15H13Cl3FN/c1-20-14(15-12(18)6-3-7-13(15)19)8-9-10(16)4-2-5-11(9)17/h2-7,14,20H,8H2,1H3. The van der Waals surface area contributed by atoms with Crippen LogP contribution in [-0.4, -0.2) is 7.05 Å². The molecule has 0 radical (unpaired) electrons. The monoisotopic (exact) mass is 331 g/mol. The number of benzene rings is 2. The molecule has 1 atom stereocenters. The molecule has 0 bridgehead atoms. The zero-order valence-electron chi connectivity index (χ0n) is 10.8. The molecule has 5 heteroatoms. The molecule has 2 aromatic rings. The van der Waals surface area contributed by atoms with Gasteiger partial charge in [0.05, 0.1) is 0 Å². The highest BCUT2D eigenvalue weighted by molar-refractivity contribution is 6.36. The summed E-state index contributed by atoms with van der Waals surface area (Å²) in [5.41, 5.74) is 1.20. The van der Waals surface area contributed by atoms with Crippen molar-refractivity contribution in [2.75, 3.05) is 7.05 Å². The predicted molar refractivity (Wildman–Crippen MR) is 83.4 cm³/mol. The third-order valence-corrected chi connectivity index (χ3v) is 4.20. The van der Waals surface area contributed by atoms with E-state index in [1.165, 1.54) is 6.07 Å². The molecule has 0 aliphatic rings. The number of hydrogen-bond acceptors (Lipinski definition) is 1. The van der Waals surface area contributed by atoms with Crippen LogP contribution in [-0.2, 0) is 6.42 Å². The van der Waals surface area contributed by atoms with E-state index < -0.39 is 0 Å². The summed E-state index contributed by atoms with van der Waals surface area (Å²) in [7, 11) is 1.75. The molecule has 106 valence electrons. The van der Waals surface area contributed by atoms with E-state index in [4.69, 9.17) is 34.8 Å². The largest absolute Gasteiger partial charge is 0.313 e. The Hall–Kier alpha value is -0.800. The van der Waals surface area contributed by atoms with Gasteiger partial charge in [-0.05, 0) is 43.3 Å². The molecule has 0 amide bonds. The number of nitrogens with one attached hydrogen (secondary N) is 1. The minimum Gasteiger partial charge on any atom is -0.313 e. The van der Waals surface area contributed by atoms with Crippen LogP contribution in [0.1, 0.15) is 17.2 Å². The number of halogens is 4. The first kappa shape index (κ1) is 15.6. The lowest BCUT2D eigenvalue weighted by Gasteiger charge is -2.20. The fraction of sp³-hybridized carbons (Fsp3) is 0.200. The first-order valence-electron chi connectivity index (χ1n) is 6.08. The summed E-state index contributed by atoms with van der Waals surface area (Å²) in [6, 6.07) is 9.63. The van der Waals surface area contributed by atoms with Crippen molar-refractivity contribution in [3.63, 3.8) is 0 Å². The molecule has 2 aromatic carbocycles. The molecule has 0 aliphatic heterocycles. The van der Waals surface area contributed by atoms with E-state index in [1.807, 2.05) is 0 Å². The molecular formula is C15H13Cl3FN. The van der Waals surface area contributed by atoms with Crippen molar-refractivity contribution in [2.24, 2.45) is 0 Å². The second-order valence-corrected chi connectivity index (χ2v) is 5.60. The first-order chi connectivity index (χ1) is 9.54. The number of rotatable bonds is 4. The van der Waals surface area contributed by atoms with Crippen molar-refractivity contribution < 1.29 is 4.39 Å². The normalized spacial score (nSPS) is 12.4. The van der Waals surface area contributed by atoms with Crippen molar-refractivity contribution in [1.29, 1.82) is 0 Å². The van der Waals surface area contributed by atoms with Gasteiger partial charge in [-0.25, -0.2) is 4.39 Å². The van der Waals surface area contributed by atoms with Gasteiger partial charge in [0.1, 0.15) is 5.82 Å². The van der Waals surface area contributed by atoms with Crippen molar-refractivity contribution in [3.8, 4) is 0 Å². The Morgan fingerprint density at radius 1 is 1.00 bits per heavy atom. The summed E-state index contributed by atoms with van der Waals surface area (Å²) >= 11 is 18.4. The SMILES string of the molecule is CNC(Cc1c(Cl)cccc1Cl)c1c(F)cccc1Cl. The highest BCUT2D eigenvalue weighted by Gasteiger charge is 2.20. The van der Waals surface area contributed by atoms with E-state index in [0.717, 1.165) is 5.56 Å². The van der Waals surface area contributed by atoms with Gasteiger partial charge in [-0.15, -0.1) is 0 Å². The average molecular weight is 333 g/mol. The van der Waals surface area contributed by atoms with Gasteiger partial charge in [0, 0.05) is 26.7 Å². The van der Waals surface area contributed by atoms with Crippen molar-refractivity contribution in [2.45, 2.75) is 12.5 Å². The van der Waals surface area contributed by atoms with Gasteiger partial charge in [-0.2, -0.15) is 0 Å². The maximum Gasteiger partial charge on any atom is 0.129 e. The van der Waals surface area contributed by atoms with Crippen molar-refractivity contribution in [3.05, 3.63) is 68.4 Å². The summed E-state index contributed by atoms with van der Waals surface area (Å²) in [4.78, 5) is 0. The van der Waals surface area contributed by atoms with E-state index >= 15 is 0 Å². The lowest BCUT2D eigenvalue weighted by Crippen LogP contribution is -2.21. The van der Waals surface area contributed by atoms with Gasteiger partial charge < -0.3 is 5.32 Å². The molecule has 0 saturated heterocycles. The van der Waals surface area contributed by atoms with E-state index in [9.17, 15) is 4.39 Å². The molecule has 0 aliphatic carbocycles. The lowest BCUT2D eigenvalue weighted by atomic mass is 9.98. The molecule has 1 nitrogen and oxygen atoms in total. The molecule has 0 aromatic heterocycles. The highest BCUT2D eigenvalue weighted by Crippen LogP contribution is 2.32. The number of likely N-dealkylation sites (N-methyl/N-ethyl adjacent to an activating group) is 1. The van der Waals surface area contributed by atoms with Gasteiger partial charge in [0.2, 0.25) is 0 Å². The Bertz CT molecular complexity index is 576. The van der Waals surface area contributed by atoms with Crippen molar-refractivity contribution >= 4 is 34.8 Å². The zero-order valence-corrected chi connectivity index (χ0v) is 13.0. The van der Waals surface area contributed by atoms with Gasteiger partial charge in [0.15, 0.2) is 0 Å². The van der Waals surface area contributed by atoms with Crippen LogP contribution in [0.4, 0.5) is 4.39 Å². The van der Waals surface area contributed by atoms with Crippen LogP contribution < -0.4 is 5.32 Å². The predicted octanol–water partition coefficient (Wildman–Crippen LogP) is 5.29. The minimum absolute atomic E-state index is 0.305. The Morgan fingerprint density at radius 2 is 1.55 bits per heavy atom. The zero-order chi connectivity index (χ0) is 14.7. The van der Waals surface area contributed by atoms with Gasteiger partial charge in [0.25, 0.3) is 0 Å². The van der Waals surface area contributed by atoms with E-state index in [-0.39, 0.29) is 11.9 Å². The Morgan fingerprint density at radius 3 is 2.10 bits per heavy atom. The van der Waals surface area contributed by atoms with Gasteiger partial charge >= 0.3 is 0 Å². The average Bonchev–Trinajstić information content (AvgIpc) is 2.40. The van der Waals surface area contributed by atoms with Crippen LogP contribution in [0.5, 0.6) is 0 Å². The number of hydrogen-bond donors (Lipinski definition) is 1. The molecule has 20 heavy (non-hydrogen) atoms.